The van der Waals surface area contributed by atoms with Crippen LogP contribution in [0.1, 0.15) is 47.0 Å². The lowest BCUT2D eigenvalue weighted by Crippen LogP contribution is -2.54. The molecule has 1 aliphatic heterocycles. The van der Waals surface area contributed by atoms with Gasteiger partial charge < -0.3 is 5.32 Å². The second kappa shape index (κ2) is 11.8. The van der Waals surface area contributed by atoms with Gasteiger partial charge in [-0.2, -0.15) is 0 Å². The van der Waals surface area contributed by atoms with Gasteiger partial charge in [-0.15, -0.1) is 0 Å². The van der Waals surface area contributed by atoms with Crippen molar-refractivity contribution < 1.29 is 0 Å². The molecule has 0 fully saturated rings. The topological polar surface area (TPSA) is 49.3 Å². The van der Waals surface area contributed by atoms with E-state index in [0.29, 0.717) is 5.92 Å². The molecule has 2 aliphatic carbocycles. The Balaban J connectivity index is 1.31. The van der Waals surface area contributed by atoms with Crippen LogP contribution in [-0.4, -0.2) is 17.0 Å². The zero-order chi connectivity index (χ0) is 30.2. The van der Waals surface area contributed by atoms with Gasteiger partial charge in [0.05, 0.1) is 11.9 Å². The molecule has 8 rings (SSSR count). The molecule has 0 radical (unpaired) electrons. The van der Waals surface area contributed by atoms with E-state index in [4.69, 9.17) is 9.98 Å². The Kier molecular flexibility index (Phi) is 7.20. The third-order valence-corrected chi connectivity index (χ3v) is 9.24. The quantitative estimate of drug-likeness (QED) is 0.217. The van der Waals surface area contributed by atoms with E-state index in [1.54, 1.807) is 0 Å². The van der Waals surface area contributed by atoms with Crippen molar-refractivity contribution in [2.75, 3.05) is 0 Å². The van der Waals surface area contributed by atoms with Gasteiger partial charge in [0.2, 0.25) is 0 Å². The Labute approximate surface area is 265 Å². The van der Waals surface area contributed by atoms with Gasteiger partial charge >= 0.3 is 0 Å². The van der Waals surface area contributed by atoms with E-state index in [-0.39, 0.29) is 12.3 Å². The minimum atomic E-state index is -0.215. The van der Waals surface area contributed by atoms with Gasteiger partial charge in [0.15, 0.2) is 0 Å². The van der Waals surface area contributed by atoms with E-state index in [9.17, 15) is 0 Å². The summed E-state index contributed by atoms with van der Waals surface area (Å²) >= 11 is 0. The number of hydrogen-bond donors (Lipinski definition) is 2. The normalized spacial score (nSPS) is 20.5. The van der Waals surface area contributed by atoms with Crippen LogP contribution in [0.4, 0.5) is 0 Å². The lowest BCUT2D eigenvalue weighted by atomic mass is 9.85. The highest BCUT2D eigenvalue weighted by Crippen LogP contribution is 2.41. The highest BCUT2D eigenvalue weighted by Gasteiger charge is 2.29. The predicted octanol–water partition coefficient (Wildman–Crippen LogP) is 8.93. The lowest BCUT2D eigenvalue weighted by Gasteiger charge is -2.36. The molecule has 0 bridgehead atoms. The molecule has 45 heavy (non-hydrogen) atoms. The fraction of sp³-hybridized carbons (Fsp3) is 0.171. The number of aliphatic imine (C=N–C) groups is 1. The van der Waals surface area contributed by atoms with Gasteiger partial charge in [-0.1, -0.05) is 109 Å². The number of rotatable bonds is 5. The first-order valence-electron chi connectivity index (χ1n) is 16.0. The molecule has 4 heteroatoms. The number of aryl methyl sites for hydroxylation is 2. The number of amidine groups is 1. The van der Waals surface area contributed by atoms with E-state index >= 15 is 0 Å². The van der Waals surface area contributed by atoms with Crippen molar-refractivity contribution in [3.05, 3.63) is 155 Å². The minimum absolute atomic E-state index is 0.0418. The van der Waals surface area contributed by atoms with Gasteiger partial charge in [0.1, 0.15) is 12.0 Å². The average molecular weight is 585 g/mol. The van der Waals surface area contributed by atoms with Crippen molar-refractivity contribution in [3.8, 4) is 22.4 Å². The summed E-state index contributed by atoms with van der Waals surface area (Å²) in [7, 11) is 0. The summed E-state index contributed by atoms with van der Waals surface area (Å²) in [6.07, 6.45) is 16.4. The molecule has 3 atom stereocenters. The summed E-state index contributed by atoms with van der Waals surface area (Å²) in [6.45, 7) is 2.06. The Morgan fingerprint density at radius 2 is 1.62 bits per heavy atom. The zero-order valence-corrected chi connectivity index (χ0v) is 25.4. The SMILES string of the molecule is Cc1cccc(-c2ccc(C3N=C(c4ccccc4)NC(C4C=CC=CC4)N3)cc2-c2cc3c(c4ccccc24)CCC=C3)n1. The van der Waals surface area contributed by atoms with Gasteiger partial charge in [0, 0.05) is 22.7 Å². The Hall–Kier alpha value is -5.06. The maximum absolute atomic E-state index is 5.28. The van der Waals surface area contributed by atoms with E-state index in [0.717, 1.165) is 53.2 Å². The van der Waals surface area contributed by atoms with Crippen molar-refractivity contribution in [2.24, 2.45) is 10.9 Å². The number of nitrogens with one attached hydrogen (secondary N) is 2. The predicted molar refractivity (Wildman–Crippen MR) is 187 cm³/mol. The summed E-state index contributed by atoms with van der Waals surface area (Å²) in [5, 5.41) is 10.2. The first-order chi connectivity index (χ1) is 22.2. The van der Waals surface area contributed by atoms with E-state index in [1.807, 2.05) is 0 Å². The van der Waals surface area contributed by atoms with Crippen LogP contribution < -0.4 is 10.6 Å². The number of nitrogens with zero attached hydrogens (tertiary/aromatic N) is 2. The number of allylic oxidation sites excluding steroid dienone is 4. The van der Waals surface area contributed by atoms with Crippen molar-refractivity contribution in [1.29, 1.82) is 0 Å². The molecular weight excluding hydrogens is 548 g/mol. The van der Waals surface area contributed by atoms with Crippen molar-refractivity contribution in [2.45, 2.75) is 38.5 Å². The molecule has 0 amide bonds. The van der Waals surface area contributed by atoms with Crippen molar-refractivity contribution >= 4 is 22.7 Å². The number of pyridine rings is 1. The first-order valence-corrected chi connectivity index (χ1v) is 16.0. The summed E-state index contributed by atoms with van der Waals surface area (Å²) in [6, 6.07) is 34.9. The number of aromatic nitrogens is 1. The van der Waals surface area contributed by atoms with Crippen LogP contribution >= 0.6 is 0 Å². The molecule has 3 aliphatic rings. The smallest absolute Gasteiger partial charge is 0.131 e. The van der Waals surface area contributed by atoms with Gasteiger partial charge in [0.25, 0.3) is 0 Å². The summed E-state index contributed by atoms with van der Waals surface area (Å²) in [4.78, 5) is 10.3. The van der Waals surface area contributed by atoms with Gasteiger partial charge in [-0.25, -0.2) is 4.99 Å². The zero-order valence-electron chi connectivity index (χ0n) is 25.4. The number of fused-ring (bicyclic) bond motifs is 3. The van der Waals surface area contributed by atoms with Crippen LogP contribution in [0.3, 0.4) is 0 Å². The van der Waals surface area contributed by atoms with Crippen LogP contribution in [0.2, 0.25) is 0 Å². The average Bonchev–Trinajstić information content (AvgIpc) is 3.11. The number of hydrogen-bond acceptors (Lipinski definition) is 4. The largest absolute Gasteiger partial charge is 0.354 e. The van der Waals surface area contributed by atoms with Crippen LogP contribution in [-0.2, 0) is 6.42 Å². The molecule has 0 saturated heterocycles. The second-order valence-electron chi connectivity index (χ2n) is 12.2. The third kappa shape index (κ3) is 5.32. The van der Waals surface area contributed by atoms with Crippen LogP contribution in [0, 0.1) is 12.8 Å². The molecule has 2 heterocycles. The molecule has 3 unspecified atom stereocenters. The monoisotopic (exact) mass is 584 g/mol. The summed E-state index contributed by atoms with van der Waals surface area (Å²) in [5.41, 5.74) is 10.5. The lowest BCUT2D eigenvalue weighted by molar-refractivity contribution is 0.328. The highest BCUT2D eigenvalue weighted by molar-refractivity contribution is 6.04. The third-order valence-electron chi connectivity index (χ3n) is 9.24. The van der Waals surface area contributed by atoms with Crippen LogP contribution in [0.15, 0.2) is 132 Å². The van der Waals surface area contributed by atoms with Gasteiger partial charge in [-0.3, -0.25) is 10.3 Å². The highest BCUT2D eigenvalue weighted by atomic mass is 15.3. The molecule has 5 aromatic rings. The van der Waals surface area contributed by atoms with E-state index in [2.05, 4.69) is 151 Å². The first kappa shape index (κ1) is 27.5. The fourth-order valence-electron chi connectivity index (χ4n) is 6.98. The molecule has 4 aromatic carbocycles. The molecule has 220 valence electrons. The Bertz CT molecular complexity index is 2020. The fourth-order valence-corrected chi connectivity index (χ4v) is 6.98. The van der Waals surface area contributed by atoms with E-state index in [1.165, 1.54) is 33.0 Å². The molecule has 4 nitrogen and oxygen atoms in total. The summed E-state index contributed by atoms with van der Waals surface area (Å²) in [5.74, 6) is 1.24. The molecule has 2 N–H and O–H groups in total. The summed E-state index contributed by atoms with van der Waals surface area (Å²) < 4.78 is 0. The Morgan fingerprint density at radius 1 is 0.756 bits per heavy atom. The van der Waals surface area contributed by atoms with Gasteiger partial charge in [-0.05, 0) is 89.0 Å². The van der Waals surface area contributed by atoms with Crippen LogP contribution in [0.25, 0.3) is 39.2 Å². The molecule has 1 aromatic heterocycles. The maximum atomic E-state index is 5.28. The standard InChI is InChI=1S/C41H36N4/c1-27-13-12-22-38(42-27)35-24-23-31(26-37(35)36-25-30-18-8-9-19-32(30)33-20-10-11-21-34(33)36)41-44-39(28-14-4-2-5-15-28)43-40(45-41)29-16-6-3-7-17-29/h2-8,10-16,18,20-26,29,40-41,45H,9,17,19H2,1H3,(H,43,44). The molecular formula is C41H36N4. The molecule has 0 saturated carbocycles. The minimum Gasteiger partial charge on any atom is -0.354 e. The molecule has 0 spiro atoms. The van der Waals surface area contributed by atoms with E-state index < -0.39 is 0 Å². The van der Waals surface area contributed by atoms with Crippen molar-refractivity contribution in [1.82, 2.24) is 15.6 Å². The second-order valence-corrected chi connectivity index (χ2v) is 12.2. The van der Waals surface area contributed by atoms with Crippen molar-refractivity contribution in [3.63, 3.8) is 0 Å². The number of benzene rings is 4. The Morgan fingerprint density at radius 3 is 2.47 bits per heavy atom. The maximum Gasteiger partial charge on any atom is 0.131 e. The van der Waals surface area contributed by atoms with Crippen LogP contribution in [0.5, 0.6) is 0 Å².